The minimum atomic E-state index is -0.319. The van der Waals surface area contributed by atoms with Crippen LogP contribution in [0.5, 0.6) is 0 Å². The van der Waals surface area contributed by atoms with Gasteiger partial charge in [-0.25, -0.2) is 9.89 Å². The summed E-state index contributed by atoms with van der Waals surface area (Å²) < 4.78 is 1.47. The zero-order valence-electron chi connectivity index (χ0n) is 11.4. The SMILES string of the molecule is CCC(CC)(CNc1ccc2n[nH]c(=O)n2n1)SC. The predicted molar refractivity (Wildman–Crippen MR) is 78.9 cm³/mol. The second-order valence-electron chi connectivity index (χ2n) is 4.47. The Morgan fingerprint density at radius 2 is 2.16 bits per heavy atom. The number of thioether (sulfide) groups is 1. The maximum absolute atomic E-state index is 11.5. The molecule has 2 aromatic heterocycles. The third-order valence-electron chi connectivity index (χ3n) is 3.59. The van der Waals surface area contributed by atoms with Crippen molar-refractivity contribution >= 4 is 23.2 Å². The summed E-state index contributed by atoms with van der Waals surface area (Å²) in [6.45, 7) is 5.21. The molecule has 6 nitrogen and oxygen atoms in total. The summed E-state index contributed by atoms with van der Waals surface area (Å²) in [5.41, 5.74) is 0.207. The molecule has 2 rings (SSSR count). The average molecular weight is 281 g/mol. The molecule has 0 aliphatic rings. The smallest absolute Gasteiger partial charge is 0.364 e. The van der Waals surface area contributed by atoms with Gasteiger partial charge in [-0.05, 0) is 31.2 Å². The van der Waals surface area contributed by atoms with Crippen LogP contribution in [0.2, 0.25) is 0 Å². The van der Waals surface area contributed by atoms with Gasteiger partial charge in [0.05, 0.1) is 0 Å². The van der Waals surface area contributed by atoms with E-state index < -0.39 is 0 Å². The third-order valence-corrected chi connectivity index (χ3v) is 5.17. The fourth-order valence-electron chi connectivity index (χ4n) is 2.01. The molecule has 0 spiro atoms. The molecule has 2 heterocycles. The largest absolute Gasteiger partial charge is 0.367 e. The van der Waals surface area contributed by atoms with E-state index in [2.05, 4.69) is 40.7 Å². The minimum Gasteiger partial charge on any atom is -0.367 e. The number of fused-ring (bicyclic) bond motifs is 1. The zero-order chi connectivity index (χ0) is 13.9. The van der Waals surface area contributed by atoms with Crippen LogP contribution in [-0.4, -0.2) is 37.4 Å². The van der Waals surface area contributed by atoms with Crippen LogP contribution in [0.4, 0.5) is 5.82 Å². The highest BCUT2D eigenvalue weighted by Gasteiger charge is 2.24. The first kappa shape index (κ1) is 13.9. The van der Waals surface area contributed by atoms with E-state index in [4.69, 9.17) is 0 Å². The van der Waals surface area contributed by atoms with E-state index in [1.807, 2.05) is 17.8 Å². The monoisotopic (exact) mass is 281 g/mol. The highest BCUT2D eigenvalue weighted by molar-refractivity contribution is 8.00. The Morgan fingerprint density at radius 3 is 2.79 bits per heavy atom. The Labute approximate surface area is 116 Å². The topological polar surface area (TPSA) is 75.1 Å². The third kappa shape index (κ3) is 2.75. The van der Waals surface area contributed by atoms with Crippen LogP contribution in [0.3, 0.4) is 0 Å². The second kappa shape index (κ2) is 5.64. The van der Waals surface area contributed by atoms with Gasteiger partial charge in [0.1, 0.15) is 5.82 Å². The van der Waals surface area contributed by atoms with Crippen molar-refractivity contribution in [2.45, 2.75) is 31.4 Å². The van der Waals surface area contributed by atoms with Gasteiger partial charge >= 0.3 is 5.69 Å². The molecule has 7 heteroatoms. The average Bonchev–Trinajstić information content (AvgIpc) is 2.82. The molecule has 0 unspecified atom stereocenters. The van der Waals surface area contributed by atoms with E-state index >= 15 is 0 Å². The van der Waals surface area contributed by atoms with E-state index in [0.717, 1.165) is 19.4 Å². The van der Waals surface area contributed by atoms with Crippen LogP contribution >= 0.6 is 11.8 Å². The molecule has 2 N–H and O–H groups in total. The highest BCUT2D eigenvalue weighted by Crippen LogP contribution is 2.30. The first-order chi connectivity index (χ1) is 9.14. The van der Waals surface area contributed by atoms with Crippen molar-refractivity contribution in [3.05, 3.63) is 22.6 Å². The first-order valence-corrected chi connectivity index (χ1v) is 7.60. The van der Waals surface area contributed by atoms with Crippen LogP contribution in [0, 0.1) is 0 Å². The van der Waals surface area contributed by atoms with Crippen molar-refractivity contribution in [1.82, 2.24) is 19.8 Å². The van der Waals surface area contributed by atoms with Gasteiger partial charge in [0.25, 0.3) is 0 Å². The van der Waals surface area contributed by atoms with Crippen LogP contribution in [0.1, 0.15) is 26.7 Å². The molecule has 0 atom stereocenters. The molecular formula is C12H19N5OS. The Morgan fingerprint density at radius 1 is 1.42 bits per heavy atom. The Kier molecular flexibility index (Phi) is 4.14. The number of hydrogen-bond acceptors (Lipinski definition) is 5. The molecule has 0 saturated carbocycles. The molecule has 104 valence electrons. The van der Waals surface area contributed by atoms with Gasteiger partial charge in [0.2, 0.25) is 0 Å². The van der Waals surface area contributed by atoms with E-state index in [1.165, 1.54) is 4.52 Å². The number of aromatic amines is 1. The van der Waals surface area contributed by atoms with E-state index in [0.29, 0.717) is 11.5 Å². The molecule has 0 bridgehead atoms. The molecule has 0 amide bonds. The van der Waals surface area contributed by atoms with Gasteiger partial charge in [-0.15, -0.1) is 5.10 Å². The fraction of sp³-hybridized carbons (Fsp3) is 0.583. The van der Waals surface area contributed by atoms with E-state index in [-0.39, 0.29) is 10.4 Å². The summed E-state index contributed by atoms with van der Waals surface area (Å²) in [5.74, 6) is 0.691. The van der Waals surface area contributed by atoms with Crippen LogP contribution < -0.4 is 11.0 Å². The number of nitrogens with zero attached hydrogens (tertiary/aromatic N) is 3. The van der Waals surface area contributed by atoms with E-state index in [9.17, 15) is 4.79 Å². The van der Waals surface area contributed by atoms with Crippen LogP contribution in [0.15, 0.2) is 16.9 Å². The zero-order valence-corrected chi connectivity index (χ0v) is 12.3. The Bertz CT molecular complexity index is 593. The van der Waals surface area contributed by atoms with Gasteiger partial charge < -0.3 is 5.32 Å². The van der Waals surface area contributed by atoms with Gasteiger partial charge in [0, 0.05) is 11.3 Å². The molecule has 0 aliphatic carbocycles. The summed E-state index contributed by atoms with van der Waals surface area (Å²) in [4.78, 5) is 11.5. The Balaban J connectivity index is 2.17. The number of hydrogen-bond donors (Lipinski definition) is 2. The van der Waals surface area contributed by atoms with Crippen molar-refractivity contribution in [2.24, 2.45) is 0 Å². The maximum atomic E-state index is 11.5. The molecule has 0 radical (unpaired) electrons. The quantitative estimate of drug-likeness (QED) is 0.843. The summed E-state index contributed by atoms with van der Waals surface area (Å²) in [6, 6.07) is 3.61. The molecule has 0 aliphatic heterocycles. The number of rotatable bonds is 6. The van der Waals surface area contributed by atoms with E-state index in [1.54, 1.807) is 6.07 Å². The number of anilines is 1. The Hall–Kier alpha value is -1.50. The summed E-state index contributed by atoms with van der Waals surface area (Å²) in [6.07, 6.45) is 4.31. The number of nitrogens with one attached hydrogen (secondary N) is 2. The lowest BCUT2D eigenvalue weighted by molar-refractivity contribution is 0.573. The van der Waals surface area contributed by atoms with Gasteiger partial charge in [-0.3, -0.25) is 0 Å². The summed E-state index contributed by atoms with van der Waals surface area (Å²) >= 11 is 1.87. The molecule has 0 aromatic carbocycles. The minimum absolute atomic E-state index is 0.206. The molecule has 19 heavy (non-hydrogen) atoms. The molecule has 2 aromatic rings. The number of H-pyrrole nitrogens is 1. The molecule has 0 saturated heterocycles. The first-order valence-electron chi connectivity index (χ1n) is 6.37. The van der Waals surface area contributed by atoms with Gasteiger partial charge in [-0.1, -0.05) is 13.8 Å². The van der Waals surface area contributed by atoms with Crippen LogP contribution in [0.25, 0.3) is 5.65 Å². The van der Waals surface area contributed by atoms with Crippen molar-refractivity contribution in [2.75, 3.05) is 18.1 Å². The molecule has 0 fully saturated rings. The standard InChI is InChI=1S/C12H19N5OS/c1-4-12(5-2,19-3)8-13-9-6-7-10-14-15-11(18)17(10)16-9/h6-7H,4-5,8H2,1-3H3,(H,13,16)(H,15,18). The van der Waals surface area contributed by atoms with Crippen molar-refractivity contribution in [3.8, 4) is 0 Å². The van der Waals surface area contributed by atoms with Crippen molar-refractivity contribution < 1.29 is 0 Å². The lowest BCUT2D eigenvalue weighted by atomic mass is 10.0. The fourth-order valence-corrected chi connectivity index (χ4v) is 2.80. The molecular weight excluding hydrogens is 262 g/mol. The number of aromatic nitrogens is 4. The lowest BCUT2D eigenvalue weighted by Gasteiger charge is -2.29. The lowest BCUT2D eigenvalue weighted by Crippen LogP contribution is -2.32. The van der Waals surface area contributed by atoms with Crippen molar-refractivity contribution in [3.63, 3.8) is 0 Å². The van der Waals surface area contributed by atoms with Crippen molar-refractivity contribution in [1.29, 1.82) is 0 Å². The summed E-state index contributed by atoms with van der Waals surface area (Å²) in [7, 11) is 0. The summed E-state index contributed by atoms with van der Waals surface area (Å²) in [5, 5.41) is 13.8. The van der Waals surface area contributed by atoms with Crippen LogP contribution in [-0.2, 0) is 0 Å². The maximum Gasteiger partial charge on any atom is 0.364 e. The van der Waals surface area contributed by atoms with Gasteiger partial charge in [0.15, 0.2) is 5.65 Å². The van der Waals surface area contributed by atoms with Gasteiger partial charge in [-0.2, -0.15) is 21.4 Å². The normalized spacial score (nSPS) is 11.9. The highest BCUT2D eigenvalue weighted by atomic mass is 32.2. The second-order valence-corrected chi connectivity index (χ2v) is 5.74. The predicted octanol–water partition coefficient (Wildman–Crippen LogP) is 1.75.